The Hall–Kier alpha value is -2.08. The molecule has 0 aromatic heterocycles. The Morgan fingerprint density at radius 1 is 1.35 bits per heavy atom. The van der Waals surface area contributed by atoms with Crippen LogP contribution >= 0.6 is 0 Å². The van der Waals surface area contributed by atoms with Crippen molar-refractivity contribution in [2.75, 3.05) is 6.61 Å². The number of phenols is 1. The molecule has 0 amide bonds. The third-order valence-electron chi connectivity index (χ3n) is 6.93. The minimum Gasteiger partial charge on any atom is -0.508 e. The summed E-state index contributed by atoms with van der Waals surface area (Å²) in [5.74, 6) is 0.263. The fourth-order valence-corrected chi connectivity index (χ4v) is 5.63. The van der Waals surface area contributed by atoms with E-state index in [4.69, 9.17) is 9.94 Å². The SMILES string of the molecule is C[C@]12CC[C@@H]3c4ccc(O)cc4/C(=N\OCC(=O)O)C[C@H]3[C@@H]1CC[C@@H]2O. The summed E-state index contributed by atoms with van der Waals surface area (Å²) >= 11 is 0. The van der Waals surface area contributed by atoms with Crippen LogP contribution in [0.3, 0.4) is 0 Å². The molecule has 0 unspecified atom stereocenters. The molecule has 2 fully saturated rings. The molecule has 140 valence electrons. The van der Waals surface area contributed by atoms with Gasteiger partial charge in [0.25, 0.3) is 0 Å². The number of carbonyl (C=O) groups is 1. The normalized spacial score (nSPS) is 36.9. The van der Waals surface area contributed by atoms with Gasteiger partial charge in [-0.2, -0.15) is 0 Å². The van der Waals surface area contributed by atoms with E-state index in [0.717, 1.165) is 36.8 Å². The van der Waals surface area contributed by atoms with Crippen molar-refractivity contribution in [3.8, 4) is 5.75 Å². The molecule has 0 aliphatic heterocycles. The average molecular weight is 359 g/mol. The molecule has 4 rings (SSSR count). The third kappa shape index (κ3) is 2.67. The number of nitrogens with zero attached hydrogens (tertiary/aromatic N) is 1. The van der Waals surface area contributed by atoms with Gasteiger partial charge in [0.2, 0.25) is 6.61 Å². The van der Waals surface area contributed by atoms with Crippen molar-refractivity contribution < 1.29 is 25.0 Å². The van der Waals surface area contributed by atoms with Crippen molar-refractivity contribution in [1.29, 1.82) is 0 Å². The number of fused-ring (bicyclic) bond motifs is 5. The van der Waals surface area contributed by atoms with E-state index in [9.17, 15) is 15.0 Å². The third-order valence-corrected chi connectivity index (χ3v) is 6.93. The monoisotopic (exact) mass is 359 g/mol. The number of aliphatic hydroxyl groups excluding tert-OH is 1. The van der Waals surface area contributed by atoms with Gasteiger partial charge in [-0.1, -0.05) is 18.1 Å². The molecule has 0 radical (unpaired) electrons. The first kappa shape index (κ1) is 17.3. The van der Waals surface area contributed by atoms with Crippen LogP contribution in [0.1, 0.15) is 56.1 Å². The summed E-state index contributed by atoms with van der Waals surface area (Å²) in [6.07, 6.45) is 4.30. The second-order valence-electron chi connectivity index (χ2n) is 8.20. The predicted octanol–water partition coefficient (Wildman–Crippen LogP) is 2.87. The van der Waals surface area contributed by atoms with Crippen LogP contribution in [-0.2, 0) is 9.63 Å². The largest absolute Gasteiger partial charge is 0.508 e. The van der Waals surface area contributed by atoms with Crippen LogP contribution in [0.5, 0.6) is 5.75 Å². The first-order valence-corrected chi connectivity index (χ1v) is 9.32. The Morgan fingerprint density at radius 2 is 2.15 bits per heavy atom. The maximum atomic E-state index is 10.7. The maximum absolute atomic E-state index is 10.7. The number of rotatable bonds is 3. The van der Waals surface area contributed by atoms with Crippen LogP contribution in [0, 0.1) is 17.3 Å². The number of benzene rings is 1. The summed E-state index contributed by atoms with van der Waals surface area (Å²) in [6, 6.07) is 5.36. The van der Waals surface area contributed by atoms with E-state index in [1.807, 2.05) is 6.07 Å². The molecule has 5 atom stereocenters. The highest BCUT2D eigenvalue weighted by molar-refractivity contribution is 6.03. The van der Waals surface area contributed by atoms with E-state index in [0.29, 0.717) is 29.9 Å². The van der Waals surface area contributed by atoms with Gasteiger partial charge in [0.05, 0.1) is 11.8 Å². The lowest BCUT2D eigenvalue weighted by Gasteiger charge is -2.50. The number of hydrogen-bond acceptors (Lipinski definition) is 5. The van der Waals surface area contributed by atoms with Crippen molar-refractivity contribution >= 4 is 11.7 Å². The number of aliphatic carboxylic acids is 1. The Morgan fingerprint density at radius 3 is 2.92 bits per heavy atom. The highest BCUT2D eigenvalue weighted by atomic mass is 16.6. The summed E-state index contributed by atoms with van der Waals surface area (Å²) in [7, 11) is 0. The lowest BCUT2D eigenvalue weighted by atomic mass is 9.55. The minimum atomic E-state index is -1.07. The van der Waals surface area contributed by atoms with Gasteiger partial charge in [-0.25, -0.2) is 4.79 Å². The Balaban J connectivity index is 1.72. The second kappa shape index (κ2) is 6.27. The van der Waals surface area contributed by atoms with Gasteiger partial charge in [-0.3, -0.25) is 0 Å². The fraction of sp³-hybridized carbons (Fsp3) is 0.600. The van der Waals surface area contributed by atoms with Gasteiger partial charge in [0, 0.05) is 5.56 Å². The summed E-state index contributed by atoms with van der Waals surface area (Å²) in [5, 5.41) is 33.3. The number of oxime groups is 1. The van der Waals surface area contributed by atoms with Crippen molar-refractivity contribution in [3.63, 3.8) is 0 Å². The number of carboxylic acid groups (broad SMARTS) is 1. The van der Waals surface area contributed by atoms with Crippen LogP contribution < -0.4 is 0 Å². The highest BCUT2D eigenvalue weighted by Gasteiger charge is 2.55. The van der Waals surface area contributed by atoms with E-state index in [1.165, 1.54) is 0 Å². The Kier molecular flexibility index (Phi) is 4.18. The zero-order valence-corrected chi connectivity index (χ0v) is 14.9. The summed E-state index contributed by atoms with van der Waals surface area (Å²) in [6.45, 7) is 1.72. The van der Waals surface area contributed by atoms with Gasteiger partial charge in [-0.05, 0) is 73.0 Å². The molecule has 1 aromatic rings. The molecule has 3 aliphatic carbocycles. The minimum absolute atomic E-state index is 0.0530. The number of hydrogen-bond donors (Lipinski definition) is 3. The molecule has 1 aromatic carbocycles. The molecular formula is C20H25NO5. The smallest absolute Gasteiger partial charge is 0.344 e. The Bertz CT molecular complexity index is 761. The molecule has 0 bridgehead atoms. The van der Waals surface area contributed by atoms with E-state index in [-0.39, 0.29) is 17.3 Å². The van der Waals surface area contributed by atoms with Crippen molar-refractivity contribution in [3.05, 3.63) is 29.3 Å². The summed E-state index contributed by atoms with van der Waals surface area (Å²) in [4.78, 5) is 15.8. The molecule has 3 aliphatic rings. The van der Waals surface area contributed by atoms with Gasteiger partial charge in [0.15, 0.2) is 0 Å². The maximum Gasteiger partial charge on any atom is 0.344 e. The zero-order chi connectivity index (χ0) is 18.5. The van der Waals surface area contributed by atoms with E-state index < -0.39 is 12.6 Å². The topological polar surface area (TPSA) is 99.4 Å². The van der Waals surface area contributed by atoms with E-state index in [2.05, 4.69) is 12.1 Å². The predicted molar refractivity (Wildman–Crippen MR) is 95.2 cm³/mol. The van der Waals surface area contributed by atoms with Crippen LogP contribution in [0.4, 0.5) is 0 Å². The van der Waals surface area contributed by atoms with Crippen LogP contribution in [0.25, 0.3) is 0 Å². The zero-order valence-electron chi connectivity index (χ0n) is 14.9. The van der Waals surface area contributed by atoms with Crippen LogP contribution in [0.15, 0.2) is 23.4 Å². The van der Waals surface area contributed by atoms with Crippen LogP contribution in [-0.4, -0.2) is 39.7 Å². The average Bonchev–Trinajstić information content (AvgIpc) is 2.90. The highest BCUT2D eigenvalue weighted by Crippen LogP contribution is 2.60. The van der Waals surface area contributed by atoms with E-state index >= 15 is 0 Å². The molecule has 26 heavy (non-hydrogen) atoms. The van der Waals surface area contributed by atoms with Crippen molar-refractivity contribution in [2.45, 2.75) is 51.0 Å². The molecular weight excluding hydrogens is 334 g/mol. The van der Waals surface area contributed by atoms with Crippen molar-refractivity contribution in [2.24, 2.45) is 22.4 Å². The number of aliphatic hydroxyl groups is 1. The van der Waals surface area contributed by atoms with Gasteiger partial charge < -0.3 is 20.2 Å². The molecule has 6 heteroatoms. The first-order chi connectivity index (χ1) is 12.4. The van der Waals surface area contributed by atoms with Gasteiger partial charge >= 0.3 is 5.97 Å². The first-order valence-electron chi connectivity index (χ1n) is 9.32. The number of aromatic hydroxyl groups is 1. The fourth-order valence-electron chi connectivity index (χ4n) is 5.63. The number of carboxylic acids is 1. The van der Waals surface area contributed by atoms with E-state index in [1.54, 1.807) is 12.1 Å². The van der Waals surface area contributed by atoms with Gasteiger partial charge in [0.1, 0.15) is 5.75 Å². The molecule has 0 saturated heterocycles. The molecule has 6 nitrogen and oxygen atoms in total. The van der Waals surface area contributed by atoms with Crippen LogP contribution in [0.2, 0.25) is 0 Å². The summed E-state index contributed by atoms with van der Waals surface area (Å²) in [5.41, 5.74) is 2.66. The molecule has 3 N–H and O–H groups in total. The lowest BCUT2D eigenvalue weighted by molar-refractivity contribution is -0.142. The quantitative estimate of drug-likeness (QED) is 0.721. The van der Waals surface area contributed by atoms with Crippen molar-refractivity contribution in [1.82, 2.24) is 0 Å². The van der Waals surface area contributed by atoms with Gasteiger partial charge in [-0.15, -0.1) is 0 Å². The Labute approximate surface area is 152 Å². The molecule has 0 spiro atoms. The lowest BCUT2D eigenvalue weighted by Crippen LogP contribution is -2.45. The molecule has 0 heterocycles. The standard InChI is InChI=1S/C20H25NO5/c1-20-7-6-13-12-3-2-11(22)8-15(12)17(21-26-10-19(24)25)9-14(13)16(20)4-5-18(20)23/h2-3,8,13-14,16,18,22-23H,4-7,9-10H2,1H3,(H,24,25)/b21-17-/t13-,14-,16+,18+,20+/m1/s1. The molecule has 2 saturated carbocycles. The second-order valence-corrected chi connectivity index (χ2v) is 8.20. The number of phenolic OH excluding ortho intramolecular Hbond substituents is 1. The summed E-state index contributed by atoms with van der Waals surface area (Å²) < 4.78 is 0.